The van der Waals surface area contributed by atoms with Crippen LogP contribution in [0.15, 0.2) is 29.6 Å². The van der Waals surface area contributed by atoms with Crippen molar-refractivity contribution in [3.05, 3.63) is 29.6 Å². The first kappa shape index (κ1) is 25.9. The molecule has 0 radical (unpaired) electrons. The van der Waals surface area contributed by atoms with E-state index in [2.05, 4.69) is 39.4 Å². The van der Waals surface area contributed by atoms with E-state index >= 15 is 0 Å². The Morgan fingerprint density at radius 1 is 0.944 bits per heavy atom. The van der Waals surface area contributed by atoms with Gasteiger partial charge in [-0.15, -0.1) is 11.3 Å². The molecule has 3 fully saturated rings. The Bertz CT molecular complexity index is 1100. The molecule has 1 aromatic carbocycles. The molecule has 0 spiro atoms. The molecule has 0 bridgehead atoms. The summed E-state index contributed by atoms with van der Waals surface area (Å²) in [6, 6.07) is 8.94. The Labute approximate surface area is 213 Å². The number of carboxylic acids is 2. The number of hydrogen-bond acceptors (Lipinski definition) is 7. The number of benzene rings is 1. The van der Waals surface area contributed by atoms with Crippen LogP contribution in [-0.2, 0) is 14.4 Å². The van der Waals surface area contributed by atoms with E-state index in [0.717, 1.165) is 65.0 Å². The van der Waals surface area contributed by atoms with Gasteiger partial charge in [-0.25, -0.2) is 14.4 Å². The summed E-state index contributed by atoms with van der Waals surface area (Å²) in [5.74, 6) is -3.62. The second kappa shape index (κ2) is 11.7. The second-order valence-electron chi connectivity index (χ2n) is 9.28. The van der Waals surface area contributed by atoms with Gasteiger partial charge < -0.3 is 20.0 Å². The van der Waals surface area contributed by atoms with Crippen molar-refractivity contribution in [1.29, 1.82) is 0 Å². The van der Waals surface area contributed by atoms with Crippen LogP contribution in [0.4, 0.5) is 10.5 Å². The summed E-state index contributed by atoms with van der Waals surface area (Å²) in [6.07, 6.45) is 4.46. The number of nitrogens with zero attached hydrogens (tertiary/aromatic N) is 4. The summed E-state index contributed by atoms with van der Waals surface area (Å²) in [4.78, 5) is 51.6. The highest BCUT2D eigenvalue weighted by Crippen LogP contribution is 2.31. The zero-order chi connectivity index (χ0) is 25.7. The molecule has 0 saturated carbocycles. The fourth-order valence-electron chi connectivity index (χ4n) is 5.17. The molecule has 3 amide bonds. The summed E-state index contributed by atoms with van der Waals surface area (Å²) < 4.78 is 1.36. The lowest BCUT2D eigenvalue weighted by molar-refractivity contribution is -0.159. The number of aliphatic carboxylic acids is 2. The molecule has 0 aliphatic carbocycles. The molecule has 36 heavy (non-hydrogen) atoms. The number of carbonyl (C=O) groups excluding carboxylic acids is 2. The van der Waals surface area contributed by atoms with Gasteiger partial charge in [0.05, 0.1) is 0 Å². The van der Waals surface area contributed by atoms with Gasteiger partial charge in [0.25, 0.3) is 0 Å². The summed E-state index contributed by atoms with van der Waals surface area (Å²) in [7, 11) is 0. The number of carbonyl (C=O) groups is 4. The molecule has 1 aromatic heterocycles. The van der Waals surface area contributed by atoms with E-state index in [1.165, 1.54) is 20.7 Å². The molecule has 10 nitrogen and oxygen atoms in total. The zero-order valence-electron chi connectivity index (χ0n) is 20.2. The molecule has 11 heteroatoms. The van der Waals surface area contributed by atoms with Crippen molar-refractivity contribution < 1.29 is 29.4 Å². The maximum absolute atomic E-state index is 12.6. The minimum Gasteiger partial charge on any atom is -0.473 e. The minimum atomic E-state index is -1.82. The van der Waals surface area contributed by atoms with Crippen molar-refractivity contribution in [3.63, 3.8) is 0 Å². The molecular formula is C25H32N4O6S. The van der Waals surface area contributed by atoms with E-state index < -0.39 is 11.9 Å². The first-order chi connectivity index (χ1) is 17.3. The number of fused-ring (bicyclic) bond motifs is 2. The molecule has 2 aromatic rings. The minimum absolute atomic E-state index is 0.0272. The fourth-order valence-corrected chi connectivity index (χ4v) is 5.97. The Morgan fingerprint density at radius 2 is 1.67 bits per heavy atom. The number of imide groups is 1. The zero-order valence-corrected chi connectivity index (χ0v) is 21.0. The lowest BCUT2D eigenvalue weighted by atomic mass is 10.1. The predicted octanol–water partition coefficient (Wildman–Crippen LogP) is 2.78. The quantitative estimate of drug-likeness (QED) is 0.444. The van der Waals surface area contributed by atoms with Crippen LogP contribution in [0.5, 0.6) is 0 Å². The Hall–Kier alpha value is -3.18. The average molecular weight is 517 g/mol. The highest BCUT2D eigenvalue weighted by molar-refractivity contribution is 7.17. The maximum Gasteiger partial charge on any atom is 0.414 e. The lowest BCUT2D eigenvalue weighted by Gasteiger charge is -2.37. The smallest absolute Gasteiger partial charge is 0.414 e. The van der Waals surface area contributed by atoms with Crippen LogP contribution in [0.2, 0.25) is 0 Å². The molecule has 4 heterocycles. The van der Waals surface area contributed by atoms with Crippen LogP contribution in [0.25, 0.3) is 10.1 Å². The lowest BCUT2D eigenvalue weighted by Crippen LogP contribution is -2.54. The van der Waals surface area contributed by atoms with E-state index in [-0.39, 0.29) is 18.0 Å². The summed E-state index contributed by atoms with van der Waals surface area (Å²) in [5, 5.41) is 18.3. The van der Waals surface area contributed by atoms with Gasteiger partial charge >= 0.3 is 18.0 Å². The van der Waals surface area contributed by atoms with Crippen LogP contribution >= 0.6 is 11.3 Å². The third-order valence-electron chi connectivity index (χ3n) is 7.04. The molecular weight excluding hydrogens is 484 g/mol. The first-order valence-electron chi connectivity index (χ1n) is 12.4. The molecule has 3 aliphatic rings. The second-order valence-corrected chi connectivity index (χ2v) is 10.2. The van der Waals surface area contributed by atoms with E-state index in [1.807, 2.05) is 4.90 Å². The number of carboxylic acid groups (broad SMARTS) is 2. The Kier molecular flexibility index (Phi) is 8.42. The van der Waals surface area contributed by atoms with Gasteiger partial charge in [0, 0.05) is 67.5 Å². The fraction of sp³-hybridized carbons (Fsp3) is 0.520. The third kappa shape index (κ3) is 5.96. The molecule has 3 aliphatic heterocycles. The van der Waals surface area contributed by atoms with Crippen molar-refractivity contribution in [3.8, 4) is 0 Å². The standard InChI is InChI=1S/C23H30N4O2S.C2H2O4/c28-22-17-18-5-4-11-26(18)23(29)27(22)10-2-1-9-24-12-14-25(15-13-24)20-6-3-7-21-19(20)8-16-30-21;3-1(4)2(5)6/h3,6-8,16,18H,1-2,4-5,9-15,17H2;(H,3,4)(H,5,6). The number of anilines is 1. The highest BCUT2D eigenvalue weighted by Gasteiger charge is 2.40. The molecule has 2 N–H and O–H groups in total. The number of piperazine rings is 1. The molecule has 3 saturated heterocycles. The van der Waals surface area contributed by atoms with Gasteiger partial charge in [0.2, 0.25) is 5.91 Å². The van der Waals surface area contributed by atoms with Crippen LogP contribution in [-0.4, -0.2) is 101 Å². The predicted molar refractivity (Wildman–Crippen MR) is 136 cm³/mol. The SMILES string of the molecule is O=C(O)C(=O)O.O=C1CC2CCCN2C(=O)N1CCCCN1CCN(c2cccc3sccc23)CC1. The van der Waals surface area contributed by atoms with Crippen LogP contribution in [0, 0.1) is 0 Å². The molecule has 1 unspecified atom stereocenters. The van der Waals surface area contributed by atoms with E-state index in [4.69, 9.17) is 19.8 Å². The maximum atomic E-state index is 12.6. The number of unbranched alkanes of at least 4 members (excludes halogenated alkanes) is 1. The first-order valence-corrected chi connectivity index (χ1v) is 13.2. The molecule has 5 rings (SSSR count). The van der Waals surface area contributed by atoms with Gasteiger partial charge in [-0.05, 0) is 55.8 Å². The van der Waals surface area contributed by atoms with E-state index in [0.29, 0.717) is 13.0 Å². The van der Waals surface area contributed by atoms with Crippen molar-refractivity contribution in [1.82, 2.24) is 14.7 Å². The average Bonchev–Trinajstić information content (AvgIpc) is 3.54. The van der Waals surface area contributed by atoms with Crippen molar-refractivity contribution >= 4 is 51.0 Å². The topological polar surface area (TPSA) is 122 Å². The molecule has 1 atom stereocenters. The number of amides is 3. The van der Waals surface area contributed by atoms with Crippen LogP contribution in [0.1, 0.15) is 32.1 Å². The van der Waals surface area contributed by atoms with Gasteiger partial charge in [-0.1, -0.05) is 6.07 Å². The number of rotatable bonds is 6. The largest absolute Gasteiger partial charge is 0.473 e. The Morgan fingerprint density at radius 3 is 2.39 bits per heavy atom. The number of urea groups is 1. The van der Waals surface area contributed by atoms with Gasteiger partial charge in [0.15, 0.2) is 0 Å². The molecule has 194 valence electrons. The number of hydrogen-bond donors (Lipinski definition) is 2. The number of thiophene rings is 1. The van der Waals surface area contributed by atoms with Crippen LogP contribution < -0.4 is 4.90 Å². The monoisotopic (exact) mass is 516 g/mol. The summed E-state index contributed by atoms with van der Waals surface area (Å²) >= 11 is 1.80. The van der Waals surface area contributed by atoms with E-state index in [1.54, 1.807) is 11.3 Å². The van der Waals surface area contributed by atoms with Gasteiger partial charge in [-0.3, -0.25) is 14.6 Å². The van der Waals surface area contributed by atoms with Crippen molar-refractivity contribution in [2.24, 2.45) is 0 Å². The van der Waals surface area contributed by atoms with Crippen LogP contribution in [0.3, 0.4) is 0 Å². The Balaban J connectivity index is 0.000000455. The summed E-state index contributed by atoms with van der Waals surface area (Å²) in [6.45, 7) is 6.66. The third-order valence-corrected chi connectivity index (χ3v) is 7.92. The van der Waals surface area contributed by atoms with Crippen molar-refractivity contribution in [2.75, 3.05) is 50.7 Å². The van der Waals surface area contributed by atoms with Gasteiger partial charge in [-0.2, -0.15) is 0 Å². The van der Waals surface area contributed by atoms with E-state index in [9.17, 15) is 9.59 Å². The van der Waals surface area contributed by atoms with Crippen molar-refractivity contribution in [2.45, 2.75) is 38.1 Å². The van der Waals surface area contributed by atoms with Gasteiger partial charge in [0.1, 0.15) is 0 Å². The summed E-state index contributed by atoms with van der Waals surface area (Å²) in [5.41, 5.74) is 1.36. The normalized spacial score (nSPS) is 20.3. The highest BCUT2D eigenvalue weighted by atomic mass is 32.1.